The van der Waals surface area contributed by atoms with Gasteiger partial charge in [0.15, 0.2) is 0 Å². The van der Waals surface area contributed by atoms with Crippen molar-refractivity contribution in [1.29, 1.82) is 0 Å². The van der Waals surface area contributed by atoms with Crippen molar-refractivity contribution in [2.45, 2.75) is 57.6 Å². The van der Waals surface area contributed by atoms with Crippen LogP contribution < -0.4 is 0 Å². The molecule has 90 valence electrons. The number of aliphatic hydroxyl groups is 1. The van der Waals surface area contributed by atoms with Crippen LogP contribution in [-0.4, -0.2) is 25.4 Å². The van der Waals surface area contributed by atoms with E-state index in [9.17, 15) is 5.11 Å². The van der Waals surface area contributed by atoms with E-state index < -0.39 is 20.3 Å². The second-order valence-electron chi connectivity index (χ2n) is 5.71. The molecule has 0 aromatic carbocycles. The van der Waals surface area contributed by atoms with E-state index in [1.54, 1.807) is 0 Å². The SMILES string of the molecule is CC(C)C[As](/C=C/C(C)(C)O)CC(C)C. The van der Waals surface area contributed by atoms with Crippen molar-refractivity contribution in [3.8, 4) is 0 Å². The summed E-state index contributed by atoms with van der Waals surface area (Å²) in [4.78, 5) is 2.34. The summed E-state index contributed by atoms with van der Waals surface area (Å²) in [6.07, 6.45) is 2.00. The molecule has 0 radical (unpaired) electrons. The van der Waals surface area contributed by atoms with Gasteiger partial charge < -0.3 is 0 Å². The zero-order valence-corrected chi connectivity index (χ0v) is 13.0. The molecule has 0 saturated carbocycles. The summed E-state index contributed by atoms with van der Waals surface area (Å²) >= 11 is -0.860. The van der Waals surface area contributed by atoms with Gasteiger partial charge in [0.05, 0.1) is 0 Å². The van der Waals surface area contributed by atoms with Crippen molar-refractivity contribution in [3.63, 3.8) is 0 Å². The van der Waals surface area contributed by atoms with E-state index in [0.717, 1.165) is 11.8 Å². The van der Waals surface area contributed by atoms with Gasteiger partial charge in [-0.05, 0) is 0 Å². The summed E-state index contributed by atoms with van der Waals surface area (Å²) in [7, 11) is 0. The Hall–Kier alpha value is 0.258. The quantitative estimate of drug-likeness (QED) is 0.733. The maximum absolute atomic E-state index is 9.67. The Kier molecular flexibility index (Phi) is 6.87. The van der Waals surface area contributed by atoms with E-state index in [4.69, 9.17) is 0 Å². The zero-order valence-electron chi connectivity index (χ0n) is 11.1. The Bertz CT molecular complexity index is 179. The molecule has 0 unspecified atom stereocenters. The molecule has 0 aliphatic rings. The first-order valence-corrected chi connectivity index (χ1v) is 9.60. The molecule has 0 aliphatic carbocycles. The van der Waals surface area contributed by atoms with Gasteiger partial charge in [-0.25, -0.2) is 0 Å². The van der Waals surface area contributed by atoms with Gasteiger partial charge in [0.1, 0.15) is 0 Å². The molecule has 0 saturated heterocycles. The molecule has 0 bridgehead atoms. The number of hydrogen-bond acceptors (Lipinski definition) is 1. The number of hydrogen-bond donors (Lipinski definition) is 1. The molecule has 0 aliphatic heterocycles. The minimum absolute atomic E-state index is 0.638. The first-order chi connectivity index (χ1) is 6.70. The molecule has 0 heterocycles. The molecule has 0 amide bonds. The van der Waals surface area contributed by atoms with Crippen LogP contribution in [0.2, 0.25) is 10.4 Å². The molecule has 0 fully saturated rings. The fourth-order valence-corrected chi connectivity index (χ4v) is 7.39. The van der Waals surface area contributed by atoms with E-state index in [2.05, 4.69) is 32.6 Å². The third kappa shape index (κ3) is 10.5. The number of rotatable bonds is 6. The van der Waals surface area contributed by atoms with Crippen LogP contribution in [0.25, 0.3) is 0 Å². The topological polar surface area (TPSA) is 20.2 Å². The van der Waals surface area contributed by atoms with Crippen LogP contribution in [-0.2, 0) is 0 Å². The Morgan fingerprint density at radius 3 is 1.73 bits per heavy atom. The zero-order chi connectivity index (χ0) is 12.1. The van der Waals surface area contributed by atoms with E-state index in [1.807, 2.05) is 19.9 Å². The molecule has 0 spiro atoms. The Labute approximate surface area is 100 Å². The van der Waals surface area contributed by atoms with Crippen molar-refractivity contribution >= 4 is 14.7 Å². The minimum atomic E-state index is -0.860. The van der Waals surface area contributed by atoms with Crippen molar-refractivity contribution in [2.24, 2.45) is 11.8 Å². The van der Waals surface area contributed by atoms with Gasteiger partial charge in [0.25, 0.3) is 0 Å². The first-order valence-electron chi connectivity index (χ1n) is 5.86. The van der Waals surface area contributed by atoms with Gasteiger partial charge in [-0.15, -0.1) is 0 Å². The fourth-order valence-electron chi connectivity index (χ4n) is 1.42. The van der Waals surface area contributed by atoms with Crippen molar-refractivity contribution < 1.29 is 5.11 Å². The summed E-state index contributed by atoms with van der Waals surface area (Å²) in [6, 6.07) is 0. The van der Waals surface area contributed by atoms with Crippen molar-refractivity contribution in [3.05, 3.63) is 10.9 Å². The van der Waals surface area contributed by atoms with Crippen LogP contribution in [0, 0.1) is 11.8 Å². The second kappa shape index (κ2) is 6.76. The summed E-state index contributed by atoms with van der Waals surface area (Å²) < 4.78 is 0. The third-order valence-corrected chi connectivity index (χ3v) is 8.12. The van der Waals surface area contributed by atoms with Crippen molar-refractivity contribution in [2.75, 3.05) is 0 Å². The standard InChI is InChI=1S/C13H27AsO/c1-11(2)9-14(10-12(3)4)8-7-13(5,6)15/h7-8,11-12,15H,9-10H2,1-6H3/b8-7+. The summed E-state index contributed by atoms with van der Waals surface area (Å²) in [6.45, 7) is 12.9. The molecule has 1 N–H and O–H groups in total. The van der Waals surface area contributed by atoms with Crippen LogP contribution in [0.15, 0.2) is 10.9 Å². The molecule has 0 atom stereocenters. The Balaban J connectivity index is 4.30. The average Bonchev–Trinajstić information content (AvgIpc) is 1.96. The summed E-state index contributed by atoms with van der Waals surface area (Å²) in [5.41, 5.74) is -0.638. The van der Waals surface area contributed by atoms with Crippen LogP contribution >= 0.6 is 0 Å². The molecular formula is C13H27AsO. The summed E-state index contributed by atoms with van der Waals surface area (Å²) in [5, 5.41) is 12.4. The van der Waals surface area contributed by atoms with Gasteiger partial charge in [-0.1, -0.05) is 0 Å². The molecule has 15 heavy (non-hydrogen) atoms. The third-order valence-electron chi connectivity index (χ3n) is 1.89. The monoisotopic (exact) mass is 274 g/mol. The van der Waals surface area contributed by atoms with Crippen LogP contribution in [0.1, 0.15) is 41.5 Å². The van der Waals surface area contributed by atoms with Gasteiger partial charge in [-0.3, -0.25) is 0 Å². The van der Waals surface area contributed by atoms with Gasteiger partial charge in [-0.2, -0.15) is 0 Å². The predicted molar refractivity (Wildman–Crippen MR) is 70.5 cm³/mol. The van der Waals surface area contributed by atoms with Gasteiger partial charge >= 0.3 is 100 Å². The van der Waals surface area contributed by atoms with E-state index >= 15 is 0 Å². The summed E-state index contributed by atoms with van der Waals surface area (Å²) in [5.74, 6) is 1.57. The van der Waals surface area contributed by atoms with Crippen LogP contribution in [0.4, 0.5) is 0 Å². The van der Waals surface area contributed by atoms with E-state index in [0.29, 0.717) is 0 Å². The molecule has 2 heteroatoms. The maximum atomic E-state index is 9.67. The van der Waals surface area contributed by atoms with Crippen molar-refractivity contribution in [1.82, 2.24) is 0 Å². The second-order valence-corrected chi connectivity index (χ2v) is 10.3. The van der Waals surface area contributed by atoms with E-state index in [-0.39, 0.29) is 0 Å². The fraction of sp³-hybridized carbons (Fsp3) is 0.846. The van der Waals surface area contributed by atoms with Gasteiger partial charge in [0, 0.05) is 0 Å². The predicted octanol–water partition coefficient (Wildman–Crippen LogP) is 3.66. The Morgan fingerprint density at radius 2 is 1.47 bits per heavy atom. The normalized spacial score (nSPS) is 13.7. The Morgan fingerprint density at radius 1 is 1.07 bits per heavy atom. The van der Waals surface area contributed by atoms with E-state index in [1.165, 1.54) is 10.4 Å². The molecule has 1 nitrogen and oxygen atoms in total. The van der Waals surface area contributed by atoms with Crippen LogP contribution in [0.5, 0.6) is 0 Å². The molecule has 0 rings (SSSR count). The van der Waals surface area contributed by atoms with Gasteiger partial charge in [0.2, 0.25) is 0 Å². The molecular weight excluding hydrogens is 247 g/mol. The average molecular weight is 274 g/mol. The molecule has 0 aromatic rings. The first kappa shape index (κ1) is 15.3. The molecule has 0 aromatic heterocycles. The van der Waals surface area contributed by atoms with Crippen LogP contribution in [0.3, 0.4) is 0 Å².